The Labute approximate surface area is 175 Å². The van der Waals surface area contributed by atoms with E-state index in [0.717, 1.165) is 5.56 Å². The maximum atomic E-state index is 12.6. The number of carbonyl (C=O) groups is 1. The van der Waals surface area contributed by atoms with Crippen molar-refractivity contribution in [3.63, 3.8) is 0 Å². The van der Waals surface area contributed by atoms with Gasteiger partial charge in [-0.15, -0.1) is 0 Å². The molecule has 1 amide bonds. The van der Waals surface area contributed by atoms with E-state index in [2.05, 4.69) is 20.0 Å². The van der Waals surface area contributed by atoms with Gasteiger partial charge in [-0.05, 0) is 25.1 Å². The van der Waals surface area contributed by atoms with Gasteiger partial charge in [-0.2, -0.15) is 0 Å². The molecule has 0 saturated carbocycles. The fourth-order valence-corrected chi connectivity index (χ4v) is 4.16. The van der Waals surface area contributed by atoms with Crippen LogP contribution in [0.15, 0.2) is 59.9 Å². The van der Waals surface area contributed by atoms with Gasteiger partial charge in [-0.25, -0.2) is 23.1 Å². The number of nitrogens with zero attached hydrogens (tertiary/aromatic N) is 2. The molecule has 0 unspecified atom stereocenters. The Kier molecular flexibility index (Phi) is 7.27. The third-order valence-electron chi connectivity index (χ3n) is 4.58. The van der Waals surface area contributed by atoms with Crippen LogP contribution in [0.3, 0.4) is 0 Å². The summed E-state index contributed by atoms with van der Waals surface area (Å²) >= 11 is 0. The Hall–Kier alpha value is -2.66. The minimum atomic E-state index is -3.78. The van der Waals surface area contributed by atoms with Crippen molar-refractivity contribution in [3.05, 3.63) is 66.3 Å². The predicted octanol–water partition coefficient (Wildman–Crippen LogP) is 0.454. The molecular formula is C20H24N4O5S. The monoisotopic (exact) mass is 432 g/mol. The quantitative estimate of drug-likeness (QED) is 0.517. The van der Waals surface area contributed by atoms with Crippen molar-refractivity contribution in [1.29, 1.82) is 0 Å². The standard InChI is InChI=1S/C20H24N4O5S/c1-14-2-5-17(6-3-14)30(27,28)24-18-7-4-16(29-19(18)12-25)10-20(26)22-11-15-8-9-21-13-23-15/h2-9,13,16,18-19,24-25H,10-12H2,1H3,(H,22,26)/t16-,18+,19+/m1/s1. The number of aliphatic hydroxyl groups excluding tert-OH is 1. The highest BCUT2D eigenvalue weighted by Crippen LogP contribution is 2.18. The Morgan fingerprint density at radius 2 is 1.97 bits per heavy atom. The van der Waals surface area contributed by atoms with E-state index in [4.69, 9.17) is 4.74 Å². The van der Waals surface area contributed by atoms with Crippen molar-refractivity contribution in [2.45, 2.75) is 43.0 Å². The van der Waals surface area contributed by atoms with Gasteiger partial charge in [-0.1, -0.05) is 29.8 Å². The molecule has 0 radical (unpaired) electrons. The van der Waals surface area contributed by atoms with Crippen molar-refractivity contribution in [1.82, 2.24) is 20.0 Å². The summed E-state index contributed by atoms with van der Waals surface area (Å²) in [6.45, 7) is 1.73. The molecule has 2 aromatic rings. The number of nitrogens with one attached hydrogen (secondary N) is 2. The van der Waals surface area contributed by atoms with Crippen molar-refractivity contribution in [2.75, 3.05) is 6.61 Å². The molecule has 3 N–H and O–H groups in total. The fourth-order valence-electron chi connectivity index (χ4n) is 2.94. The van der Waals surface area contributed by atoms with Gasteiger partial charge in [0.25, 0.3) is 0 Å². The zero-order valence-corrected chi connectivity index (χ0v) is 17.2. The number of aliphatic hydroxyl groups is 1. The zero-order chi connectivity index (χ0) is 21.6. The molecule has 0 fully saturated rings. The number of rotatable bonds is 8. The van der Waals surface area contributed by atoms with E-state index >= 15 is 0 Å². The average Bonchev–Trinajstić information content (AvgIpc) is 2.74. The molecule has 1 aromatic carbocycles. The molecule has 160 valence electrons. The fraction of sp³-hybridized carbons (Fsp3) is 0.350. The second kappa shape index (κ2) is 9.90. The lowest BCUT2D eigenvalue weighted by Gasteiger charge is -2.31. The normalized spacial score (nSPS) is 21.3. The summed E-state index contributed by atoms with van der Waals surface area (Å²) in [6, 6.07) is 7.40. The van der Waals surface area contributed by atoms with Crippen LogP contribution in [0.1, 0.15) is 17.7 Å². The summed E-state index contributed by atoms with van der Waals surface area (Å²) < 4.78 is 33.5. The number of carbonyl (C=O) groups excluding carboxylic acids is 1. The number of hydrogen-bond acceptors (Lipinski definition) is 7. The van der Waals surface area contributed by atoms with Gasteiger partial charge >= 0.3 is 0 Å². The van der Waals surface area contributed by atoms with Crippen LogP contribution in [0.25, 0.3) is 0 Å². The Morgan fingerprint density at radius 3 is 2.63 bits per heavy atom. The summed E-state index contributed by atoms with van der Waals surface area (Å²) in [7, 11) is -3.78. The molecule has 30 heavy (non-hydrogen) atoms. The van der Waals surface area contributed by atoms with Crippen LogP contribution in [0.2, 0.25) is 0 Å². The Bertz CT molecular complexity index is 980. The van der Waals surface area contributed by atoms with E-state index in [9.17, 15) is 18.3 Å². The lowest BCUT2D eigenvalue weighted by Crippen LogP contribution is -2.49. The second-order valence-corrected chi connectivity index (χ2v) is 8.64. The molecule has 2 heterocycles. The third kappa shape index (κ3) is 5.92. The van der Waals surface area contributed by atoms with Crippen LogP contribution >= 0.6 is 0 Å². The number of aryl methyl sites for hydroxylation is 1. The van der Waals surface area contributed by atoms with Gasteiger partial charge in [-0.3, -0.25) is 4.79 Å². The van der Waals surface area contributed by atoms with Crippen LogP contribution in [0.4, 0.5) is 0 Å². The Balaban J connectivity index is 1.58. The minimum Gasteiger partial charge on any atom is -0.394 e. The number of ether oxygens (including phenoxy) is 1. The number of benzene rings is 1. The van der Waals surface area contributed by atoms with Gasteiger partial charge in [0.2, 0.25) is 15.9 Å². The van der Waals surface area contributed by atoms with Gasteiger partial charge in [0.1, 0.15) is 12.4 Å². The molecule has 0 aliphatic carbocycles. The highest BCUT2D eigenvalue weighted by atomic mass is 32.2. The van der Waals surface area contributed by atoms with Crippen molar-refractivity contribution in [3.8, 4) is 0 Å². The molecule has 1 aromatic heterocycles. The molecule has 1 aliphatic rings. The lowest BCUT2D eigenvalue weighted by atomic mass is 10.1. The van der Waals surface area contributed by atoms with Crippen LogP contribution < -0.4 is 10.0 Å². The van der Waals surface area contributed by atoms with Gasteiger partial charge in [0.05, 0.1) is 42.3 Å². The van der Waals surface area contributed by atoms with Crippen LogP contribution in [0.5, 0.6) is 0 Å². The Morgan fingerprint density at radius 1 is 1.20 bits per heavy atom. The molecule has 10 heteroatoms. The molecular weight excluding hydrogens is 408 g/mol. The summed E-state index contributed by atoms with van der Waals surface area (Å²) in [5.41, 5.74) is 1.63. The van der Waals surface area contributed by atoms with Crippen LogP contribution in [-0.2, 0) is 26.1 Å². The maximum Gasteiger partial charge on any atom is 0.241 e. The number of sulfonamides is 1. The third-order valence-corrected chi connectivity index (χ3v) is 6.06. The number of hydrogen-bond donors (Lipinski definition) is 3. The van der Waals surface area contributed by atoms with E-state index in [0.29, 0.717) is 5.69 Å². The summed E-state index contributed by atoms with van der Waals surface area (Å²) in [5.74, 6) is -0.251. The first-order chi connectivity index (χ1) is 14.4. The first-order valence-electron chi connectivity index (χ1n) is 9.42. The number of aromatic nitrogens is 2. The number of amides is 1. The lowest BCUT2D eigenvalue weighted by molar-refractivity contribution is -0.125. The SMILES string of the molecule is Cc1ccc(S(=O)(=O)N[C@H]2C=C[C@H](CC(=O)NCc3ccncn3)O[C@H]2CO)cc1. The predicted molar refractivity (Wildman–Crippen MR) is 109 cm³/mol. The summed E-state index contributed by atoms with van der Waals surface area (Å²) in [4.78, 5) is 20.1. The first kappa shape index (κ1) is 22.0. The van der Waals surface area contributed by atoms with E-state index < -0.39 is 34.9 Å². The average molecular weight is 433 g/mol. The first-order valence-corrected chi connectivity index (χ1v) is 10.9. The van der Waals surface area contributed by atoms with Crippen LogP contribution in [0, 0.1) is 6.92 Å². The topological polar surface area (TPSA) is 131 Å². The molecule has 0 bridgehead atoms. The highest BCUT2D eigenvalue weighted by Gasteiger charge is 2.31. The van der Waals surface area contributed by atoms with Crippen molar-refractivity contribution >= 4 is 15.9 Å². The minimum absolute atomic E-state index is 0.0372. The largest absolute Gasteiger partial charge is 0.394 e. The van der Waals surface area contributed by atoms with E-state index in [1.165, 1.54) is 18.5 Å². The molecule has 9 nitrogen and oxygen atoms in total. The van der Waals surface area contributed by atoms with Crippen LogP contribution in [-0.4, -0.2) is 54.3 Å². The molecule has 0 spiro atoms. The molecule has 1 aliphatic heterocycles. The summed E-state index contributed by atoms with van der Waals surface area (Å²) in [5, 5.41) is 12.4. The second-order valence-electron chi connectivity index (χ2n) is 6.92. The van der Waals surface area contributed by atoms with Gasteiger partial charge < -0.3 is 15.2 Å². The van der Waals surface area contributed by atoms with Gasteiger partial charge in [0, 0.05) is 6.20 Å². The van der Waals surface area contributed by atoms with Gasteiger partial charge in [0.15, 0.2) is 0 Å². The zero-order valence-electron chi connectivity index (χ0n) is 16.4. The molecule has 3 atom stereocenters. The summed E-state index contributed by atoms with van der Waals surface area (Å²) in [6.07, 6.45) is 4.87. The van der Waals surface area contributed by atoms with E-state index in [-0.39, 0.29) is 23.8 Å². The molecule has 0 saturated heterocycles. The maximum absolute atomic E-state index is 12.6. The highest BCUT2D eigenvalue weighted by molar-refractivity contribution is 7.89. The van der Waals surface area contributed by atoms with Crippen molar-refractivity contribution < 1.29 is 23.1 Å². The van der Waals surface area contributed by atoms with Crippen molar-refractivity contribution in [2.24, 2.45) is 0 Å². The molecule has 3 rings (SSSR count). The van der Waals surface area contributed by atoms with E-state index in [1.54, 1.807) is 36.5 Å². The van der Waals surface area contributed by atoms with E-state index in [1.807, 2.05) is 6.92 Å². The smallest absolute Gasteiger partial charge is 0.241 e.